The van der Waals surface area contributed by atoms with Gasteiger partial charge >= 0.3 is 0 Å². The highest BCUT2D eigenvalue weighted by atomic mass is 16.1. The Morgan fingerprint density at radius 3 is 2.18 bits per heavy atom. The summed E-state index contributed by atoms with van der Waals surface area (Å²) in [5.41, 5.74) is 0.846. The third-order valence-electron chi connectivity index (χ3n) is 2.27. The van der Waals surface area contributed by atoms with Gasteiger partial charge in [-0.25, -0.2) is 0 Å². The van der Waals surface area contributed by atoms with Gasteiger partial charge in [0.2, 0.25) is 0 Å². The van der Waals surface area contributed by atoms with Crippen LogP contribution in [0.4, 0.5) is 0 Å². The number of benzene rings is 1. The van der Waals surface area contributed by atoms with Gasteiger partial charge in [0.15, 0.2) is 5.78 Å². The van der Waals surface area contributed by atoms with Crippen molar-refractivity contribution < 1.29 is 9.59 Å². The summed E-state index contributed by atoms with van der Waals surface area (Å²) in [5.74, 6) is 0.272. The van der Waals surface area contributed by atoms with Crippen LogP contribution >= 0.6 is 0 Å². The minimum Gasteiger partial charge on any atom is -0.303 e. The van der Waals surface area contributed by atoms with Crippen molar-refractivity contribution in [2.75, 3.05) is 0 Å². The number of Topliss-reactive ketones (excluding diaryl/α,β-unsaturated/α-hetero) is 1. The maximum Gasteiger partial charge on any atom is 0.162 e. The Morgan fingerprint density at radius 2 is 1.71 bits per heavy atom. The molecule has 1 aromatic rings. The molecule has 0 amide bonds. The summed E-state index contributed by atoms with van der Waals surface area (Å²) in [7, 11) is 0. The van der Waals surface area contributed by atoms with Gasteiger partial charge in [0.1, 0.15) is 6.29 Å². The highest BCUT2D eigenvalue weighted by Gasteiger charge is 2.02. The van der Waals surface area contributed by atoms with E-state index in [-0.39, 0.29) is 5.78 Å². The first-order chi connectivity index (χ1) is 8.26. The summed E-state index contributed by atoms with van der Waals surface area (Å²) in [4.78, 5) is 20.7. The van der Waals surface area contributed by atoms with Crippen molar-refractivity contribution in [2.45, 2.75) is 46.0 Å². The number of aldehydes is 1. The van der Waals surface area contributed by atoms with Crippen molar-refractivity contribution >= 4 is 12.1 Å². The van der Waals surface area contributed by atoms with E-state index in [2.05, 4.69) is 6.92 Å². The minimum absolute atomic E-state index is 0.272. The fourth-order valence-electron chi connectivity index (χ4n) is 1.30. The molecule has 2 nitrogen and oxygen atoms in total. The molecule has 0 fully saturated rings. The van der Waals surface area contributed by atoms with Crippen LogP contribution in [0.3, 0.4) is 0 Å². The molecule has 0 bridgehead atoms. The minimum atomic E-state index is 0.272. The van der Waals surface area contributed by atoms with Gasteiger partial charge in [-0.05, 0) is 6.42 Å². The molecular weight excluding hydrogens is 212 g/mol. The number of hydrogen-bond acceptors (Lipinski definition) is 2. The van der Waals surface area contributed by atoms with Crippen LogP contribution in [-0.4, -0.2) is 12.1 Å². The lowest BCUT2D eigenvalue weighted by Gasteiger charge is -1.99. The fraction of sp³-hybridized carbons (Fsp3) is 0.467. The van der Waals surface area contributed by atoms with Gasteiger partial charge in [-0.15, -0.1) is 0 Å². The van der Waals surface area contributed by atoms with Crippen LogP contribution < -0.4 is 0 Å². The zero-order valence-corrected chi connectivity index (χ0v) is 10.8. The highest BCUT2D eigenvalue weighted by Crippen LogP contribution is 2.07. The van der Waals surface area contributed by atoms with E-state index in [0.29, 0.717) is 12.8 Å². The monoisotopic (exact) mass is 234 g/mol. The first kappa shape index (κ1) is 15.6. The van der Waals surface area contributed by atoms with E-state index in [1.165, 1.54) is 6.42 Å². The molecule has 0 saturated carbocycles. The molecule has 17 heavy (non-hydrogen) atoms. The molecule has 1 rings (SSSR count). The van der Waals surface area contributed by atoms with Crippen molar-refractivity contribution in [1.29, 1.82) is 0 Å². The van der Waals surface area contributed by atoms with Crippen molar-refractivity contribution in [2.24, 2.45) is 0 Å². The summed E-state index contributed by atoms with van der Waals surface area (Å²) in [6, 6.07) is 9.52. The van der Waals surface area contributed by atoms with E-state index in [0.717, 1.165) is 24.7 Å². The van der Waals surface area contributed by atoms with Gasteiger partial charge < -0.3 is 4.79 Å². The van der Waals surface area contributed by atoms with Gasteiger partial charge in [0.25, 0.3) is 0 Å². The molecule has 0 aliphatic rings. The smallest absolute Gasteiger partial charge is 0.162 e. The quantitative estimate of drug-likeness (QED) is 0.423. The SMILES string of the molecule is CCC=O.CCCCCC(=O)c1ccccc1. The number of rotatable bonds is 6. The highest BCUT2D eigenvalue weighted by molar-refractivity contribution is 5.95. The lowest BCUT2D eigenvalue weighted by Crippen LogP contribution is -1.97. The van der Waals surface area contributed by atoms with E-state index in [9.17, 15) is 9.59 Å². The topological polar surface area (TPSA) is 34.1 Å². The second-order valence-electron chi connectivity index (χ2n) is 3.82. The second-order valence-corrected chi connectivity index (χ2v) is 3.82. The third-order valence-corrected chi connectivity index (χ3v) is 2.27. The zero-order valence-electron chi connectivity index (χ0n) is 10.8. The molecule has 0 spiro atoms. The number of carbonyl (C=O) groups is 2. The molecule has 0 atom stereocenters. The number of carbonyl (C=O) groups excluding carboxylic acids is 2. The predicted molar refractivity (Wildman–Crippen MR) is 71.3 cm³/mol. The van der Waals surface area contributed by atoms with E-state index in [1.54, 1.807) is 0 Å². The van der Waals surface area contributed by atoms with Crippen LogP contribution in [0, 0.1) is 0 Å². The van der Waals surface area contributed by atoms with Crippen LogP contribution in [-0.2, 0) is 4.79 Å². The van der Waals surface area contributed by atoms with Gasteiger partial charge in [-0.1, -0.05) is 57.0 Å². The largest absolute Gasteiger partial charge is 0.303 e. The lowest BCUT2D eigenvalue weighted by molar-refractivity contribution is -0.107. The Morgan fingerprint density at radius 1 is 1.12 bits per heavy atom. The van der Waals surface area contributed by atoms with Crippen LogP contribution in [0.2, 0.25) is 0 Å². The maximum atomic E-state index is 11.5. The Balaban J connectivity index is 0.000000557. The summed E-state index contributed by atoms with van der Waals surface area (Å²) in [5, 5.41) is 0. The Labute approximate surface area is 104 Å². The predicted octanol–water partition coefficient (Wildman–Crippen LogP) is 4.04. The molecule has 94 valence electrons. The van der Waals surface area contributed by atoms with Crippen molar-refractivity contribution in [3.63, 3.8) is 0 Å². The zero-order chi connectivity index (χ0) is 12.9. The molecular formula is C15H22O2. The average molecular weight is 234 g/mol. The molecule has 0 aliphatic heterocycles. The molecule has 0 unspecified atom stereocenters. The average Bonchev–Trinajstić information content (AvgIpc) is 2.40. The summed E-state index contributed by atoms with van der Waals surface area (Å²) in [6.07, 6.45) is 5.54. The summed E-state index contributed by atoms with van der Waals surface area (Å²) < 4.78 is 0. The van der Waals surface area contributed by atoms with Crippen LogP contribution in [0.5, 0.6) is 0 Å². The molecule has 0 radical (unpaired) electrons. The first-order valence-electron chi connectivity index (χ1n) is 6.28. The maximum absolute atomic E-state index is 11.5. The molecule has 2 heteroatoms. The Hall–Kier alpha value is -1.44. The van der Waals surface area contributed by atoms with Gasteiger partial charge in [0, 0.05) is 18.4 Å². The second kappa shape index (κ2) is 11.1. The van der Waals surface area contributed by atoms with Gasteiger partial charge in [-0.2, -0.15) is 0 Å². The molecule has 1 aromatic carbocycles. The fourth-order valence-corrected chi connectivity index (χ4v) is 1.30. The van der Waals surface area contributed by atoms with Crippen molar-refractivity contribution in [1.82, 2.24) is 0 Å². The van der Waals surface area contributed by atoms with E-state index < -0.39 is 0 Å². The lowest BCUT2D eigenvalue weighted by atomic mass is 10.1. The van der Waals surface area contributed by atoms with E-state index >= 15 is 0 Å². The first-order valence-corrected chi connectivity index (χ1v) is 6.28. The molecule has 0 aromatic heterocycles. The van der Waals surface area contributed by atoms with Gasteiger partial charge in [0.05, 0.1) is 0 Å². The Kier molecular flexibility index (Phi) is 10.1. The molecule has 0 aliphatic carbocycles. The van der Waals surface area contributed by atoms with Crippen LogP contribution in [0.1, 0.15) is 56.3 Å². The normalized spacial score (nSPS) is 9.06. The standard InChI is InChI=1S/C12H16O.C3H6O/c1-2-3-5-10-12(13)11-8-6-4-7-9-11;1-2-3-4/h4,6-9H,2-3,5,10H2,1H3;3H,2H2,1H3. The summed E-state index contributed by atoms with van der Waals surface area (Å²) >= 11 is 0. The number of hydrogen-bond donors (Lipinski definition) is 0. The summed E-state index contributed by atoms with van der Waals surface area (Å²) in [6.45, 7) is 3.96. The van der Waals surface area contributed by atoms with Gasteiger partial charge in [-0.3, -0.25) is 4.79 Å². The third kappa shape index (κ3) is 8.38. The van der Waals surface area contributed by atoms with Crippen molar-refractivity contribution in [3.05, 3.63) is 35.9 Å². The Bertz CT molecular complexity index is 304. The molecule has 0 N–H and O–H groups in total. The van der Waals surface area contributed by atoms with E-state index in [4.69, 9.17) is 0 Å². The van der Waals surface area contributed by atoms with Crippen LogP contribution in [0.15, 0.2) is 30.3 Å². The van der Waals surface area contributed by atoms with Crippen LogP contribution in [0.25, 0.3) is 0 Å². The van der Waals surface area contributed by atoms with Crippen molar-refractivity contribution in [3.8, 4) is 0 Å². The molecule has 0 saturated heterocycles. The number of ketones is 1. The number of unbranched alkanes of at least 4 members (excludes halogenated alkanes) is 2. The van der Waals surface area contributed by atoms with E-state index in [1.807, 2.05) is 37.3 Å². The molecule has 0 heterocycles.